The molecule has 3 aromatic carbocycles. The van der Waals surface area contributed by atoms with Crippen LogP contribution in [0, 0.1) is 5.82 Å². The maximum atomic E-state index is 14.1. The Labute approximate surface area is 167 Å². The molecule has 1 aliphatic heterocycles. The molecule has 0 bridgehead atoms. The van der Waals surface area contributed by atoms with Gasteiger partial charge in [0.2, 0.25) is 10.0 Å². The fourth-order valence-corrected chi connectivity index (χ4v) is 4.91. The number of para-hydroxylation sites is 1. The van der Waals surface area contributed by atoms with E-state index in [1.165, 1.54) is 30.1 Å². The van der Waals surface area contributed by atoms with Crippen LogP contribution < -0.4 is 9.73 Å². The van der Waals surface area contributed by atoms with Crippen molar-refractivity contribution in [3.05, 3.63) is 72.5 Å². The number of fused-ring (bicyclic) bond motifs is 1. The van der Waals surface area contributed by atoms with Gasteiger partial charge in [-0.2, -0.15) is 14.8 Å². The van der Waals surface area contributed by atoms with Gasteiger partial charge in [0.25, 0.3) is 5.91 Å². The van der Waals surface area contributed by atoms with E-state index >= 15 is 0 Å². The number of nitrogens with one attached hydrogen (secondary N) is 1. The molecular formula is C21H18FN3O3S. The van der Waals surface area contributed by atoms with Crippen LogP contribution in [0.25, 0.3) is 10.8 Å². The highest BCUT2D eigenvalue weighted by atomic mass is 32.2. The van der Waals surface area contributed by atoms with E-state index < -0.39 is 27.3 Å². The largest absolute Gasteiger partial charge is 0.274 e. The van der Waals surface area contributed by atoms with Gasteiger partial charge in [0.15, 0.2) is 5.54 Å². The zero-order chi connectivity index (χ0) is 20.8. The molecule has 0 saturated heterocycles. The summed E-state index contributed by atoms with van der Waals surface area (Å²) >= 11 is 0. The number of halogens is 1. The van der Waals surface area contributed by atoms with Gasteiger partial charge in [0.05, 0.1) is 16.3 Å². The van der Waals surface area contributed by atoms with Gasteiger partial charge >= 0.3 is 0 Å². The van der Waals surface area contributed by atoms with Crippen LogP contribution >= 0.6 is 0 Å². The second kappa shape index (κ2) is 6.75. The summed E-state index contributed by atoms with van der Waals surface area (Å²) in [7, 11) is -4.16. The minimum atomic E-state index is -4.16. The zero-order valence-electron chi connectivity index (χ0n) is 15.8. The van der Waals surface area contributed by atoms with Crippen molar-refractivity contribution in [1.29, 1.82) is 0 Å². The summed E-state index contributed by atoms with van der Waals surface area (Å²) in [5, 5.41) is 5.87. The minimum absolute atomic E-state index is 0.102. The first-order valence-corrected chi connectivity index (χ1v) is 10.4. The molecule has 1 atom stereocenters. The summed E-state index contributed by atoms with van der Waals surface area (Å²) in [6.07, 6.45) is 0. The van der Waals surface area contributed by atoms with Crippen molar-refractivity contribution in [2.24, 2.45) is 5.10 Å². The molecule has 1 heterocycles. The number of carbonyl (C=O) groups excluding carboxylic acids is 1. The van der Waals surface area contributed by atoms with Crippen LogP contribution in [-0.2, 0) is 14.8 Å². The van der Waals surface area contributed by atoms with E-state index in [9.17, 15) is 17.6 Å². The third-order valence-corrected chi connectivity index (χ3v) is 6.67. The maximum absolute atomic E-state index is 14.1. The summed E-state index contributed by atoms with van der Waals surface area (Å²) in [6.45, 7) is 3.06. The Morgan fingerprint density at radius 1 is 0.966 bits per heavy atom. The second-order valence-corrected chi connectivity index (χ2v) is 8.61. The SMILES string of the molecule is CC1=NN(c2ccccc2)C(=O)C1(C)NS(=O)(=O)c1ccc(F)c2ccccc12. The lowest BCUT2D eigenvalue weighted by atomic mass is 9.98. The summed E-state index contributed by atoms with van der Waals surface area (Å²) < 4.78 is 43.0. The van der Waals surface area contributed by atoms with Crippen LogP contribution in [0.1, 0.15) is 13.8 Å². The van der Waals surface area contributed by atoms with Crippen molar-refractivity contribution in [3.8, 4) is 0 Å². The van der Waals surface area contributed by atoms with E-state index in [1.807, 2.05) is 6.07 Å². The first kappa shape index (κ1) is 19.2. The fourth-order valence-electron chi connectivity index (χ4n) is 3.32. The van der Waals surface area contributed by atoms with Crippen LogP contribution in [0.15, 0.2) is 76.7 Å². The number of nitrogens with zero attached hydrogens (tertiary/aromatic N) is 2. The average molecular weight is 411 g/mol. The lowest BCUT2D eigenvalue weighted by Crippen LogP contribution is -2.56. The Bertz CT molecular complexity index is 1260. The van der Waals surface area contributed by atoms with Crippen LogP contribution in [0.3, 0.4) is 0 Å². The van der Waals surface area contributed by atoms with Crippen LogP contribution in [0.4, 0.5) is 10.1 Å². The van der Waals surface area contributed by atoms with Crippen molar-refractivity contribution in [2.45, 2.75) is 24.3 Å². The third kappa shape index (κ3) is 3.10. The van der Waals surface area contributed by atoms with Gasteiger partial charge in [-0.15, -0.1) is 0 Å². The molecule has 6 nitrogen and oxygen atoms in total. The number of hydrazone groups is 1. The average Bonchev–Trinajstić information content (AvgIpc) is 2.92. The first-order valence-electron chi connectivity index (χ1n) is 8.90. The number of amides is 1. The Kier molecular flexibility index (Phi) is 4.48. The molecule has 0 fully saturated rings. The quantitative estimate of drug-likeness (QED) is 0.714. The van der Waals surface area contributed by atoms with Gasteiger partial charge in [-0.05, 0) is 38.1 Å². The van der Waals surface area contributed by atoms with Crippen molar-refractivity contribution in [1.82, 2.24) is 4.72 Å². The smallest absolute Gasteiger partial charge is 0.270 e. The van der Waals surface area contributed by atoms with E-state index in [0.717, 1.165) is 6.07 Å². The number of anilines is 1. The Balaban J connectivity index is 1.75. The molecule has 148 valence electrons. The van der Waals surface area contributed by atoms with E-state index in [4.69, 9.17) is 0 Å². The highest BCUT2D eigenvalue weighted by Gasteiger charge is 2.48. The van der Waals surface area contributed by atoms with E-state index in [0.29, 0.717) is 11.4 Å². The minimum Gasteiger partial charge on any atom is -0.270 e. The highest BCUT2D eigenvalue weighted by Crippen LogP contribution is 2.30. The predicted molar refractivity (Wildman–Crippen MR) is 110 cm³/mol. The molecule has 0 saturated carbocycles. The number of sulfonamides is 1. The number of rotatable bonds is 4. The molecule has 0 spiro atoms. The van der Waals surface area contributed by atoms with Crippen molar-refractivity contribution < 1.29 is 17.6 Å². The van der Waals surface area contributed by atoms with E-state index in [-0.39, 0.29) is 15.7 Å². The third-order valence-electron chi connectivity index (χ3n) is 5.05. The van der Waals surface area contributed by atoms with Crippen molar-refractivity contribution >= 4 is 38.1 Å². The summed E-state index contributed by atoms with van der Waals surface area (Å²) in [5.41, 5.74) is -0.724. The van der Waals surface area contributed by atoms with Gasteiger partial charge in [0, 0.05) is 10.8 Å². The lowest BCUT2D eigenvalue weighted by Gasteiger charge is -2.25. The van der Waals surface area contributed by atoms with E-state index in [1.54, 1.807) is 43.3 Å². The molecule has 1 N–H and O–H groups in total. The summed E-state index contributed by atoms with van der Waals surface area (Å²) in [5.74, 6) is -1.04. The van der Waals surface area contributed by atoms with E-state index in [2.05, 4.69) is 9.82 Å². The predicted octanol–water partition coefficient (Wildman–Crippen LogP) is 3.44. The number of carbonyl (C=O) groups is 1. The number of benzene rings is 3. The first-order chi connectivity index (χ1) is 13.7. The lowest BCUT2D eigenvalue weighted by molar-refractivity contribution is -0.120. The molecule has 4 rings (SSSR count). The van der Waals surface area contributed by atoms with Crippen LogP contribution in [0.2, 0.25) is 0 Å². The van der Waals surface area contributed by atoms with Crippen LogP contribution in [-0.4, -0.2) is 25.6 Å². The molecule has 3 aromatic rings. The molecule has 1 amide bonds. The second-order valence-electron chi connectivity index (χ2n) is 6.96. The number of hydrogen-bond donors (Lipinski definition) is 1. The molecule has 0 aromatic heterocycles. The summed E-state index contributed by atoms with van der Waals surface area (Å²) in [4.78, 5) is 13.0. The van der Waals surface area contributed by atoms with Gasteiger partial charge < -0.3 is 0 Å². The van der Waals surface area contributed by atoms with Crippen LogP contribution in [0.5, 0.6) is 0 Å². The van der Waals surface area contributed by atoms with Gasteiger partial charge in [0.1, 0.15) is 5.82 Å². The molecule has 0 aliphatic carbocycles. The molecule has 0 radical (unpaired) electrons. The van der Waals surface area contributed by atoms with Gasteiger partial charge in [-0.3, -0.25) is 4.79 Å². The van der Waals surface area contributed by atoms with Crippen molar-refractivity contribution in [3.63, 3.8) is 0 Å². The molecule has 29 heavy (non-hydrogen) atoms. The van der Waals surface area contributed by atoms with Gasteiger partial charge in [-0.25, -0.2) is 12.8 Å². The highest BCUT2D eigenvalue weighted by molar-refractivity contribution is 7.89. The van der Waals surface area contributed by atoms with Crippen molar-refractivity contribution in [2.75, 3.05) is 5.01 Å². The Hall–Kier alpha value is -3.10. The molecule has 8 heteroatoms. The monoisotopic (exact) mass is 411 g/mol. The Morgan fingerprint density at radius 2 is 1.59 bits per heavy atom. The maximum Gasteiger partial charge on any atom is 0.274 e. The molecular weight excluding hydrogens is 393 g/mol. The Morgan fingerprint density at radius 3 is 2.28 bits per heavy atom. The number of hydrogen-bond acceptors (Lipinski definition) is 4. The molecule has 1 unspecified atom stereocenters. The summed E-state index contributed by atoms with van der Waals surface area (Å²) in [6, 6.07) is 17.4. The topological polar surface area (TPSA) is 78.8 Å². The standard InChI is InChI=1S/C21H18FN3O3S/c1-14-21(2,20(26)25(23-14)15-8-4-3-5-9-15)24-29(27,28)19-13-12-18(22)16-10-6-7-11-17(16)19/h3-13,24H,1-2H3. The zero-order valence-corrected chi connectivity index (χ0v) is 16.6. The van der Waals surface area contributed by atoms with Gasteiger partial charge in [-0.1, -0.05) is 42.5 Å². The molecule has 1 aliphatic rings. The normalized spacial score (nSPS) is 19.6. The fraction of sp³-hybridized carbons (Fsp3) is 0.143.